The second-order valence-electron chi connectivity index (χ2n) is 8.05. The molecule has 0 saturated carbocycles. The first kappa shape index (κ1) is 20.1. The average molecular weight is 415 g/mol. The molecule has 2 saturated heterocycles. The van der Waals surface area contributed by atoms with Crippen molar-refractivity contribution >= 4 is 28.4 Å². The zero-order valence-electron chi connectivity index (χ0n) is 17.4. The van der Waals surface area contributed by atoms with Crippen LogP contribution in [-0.2, 0) is 6.42 Å². The Balaban J connectivity index is 1.37. The third kappa shape index (κ3) is 4.69. The molecule has 0 radical (unpaired) electrons. The van der Waals surface area contributed by atoms with Gasteiger partial charge in [-0.05, 0) is 37.3 Å². The fourth-order valence-corrected chi connectivity index (χ4v) is 4.75. The molecule has 4 rings (SSSR count). The van der Waals surface area contributed by atoms with Crippen LogP contribution in [0.15, 0.2) is 18.3 Å². The number of anilines is 2. The predicted octanol–water partition coefficient (Wildman–Crippen LogP) is 3.08. The second-order valence-corrected chi connectivity index (χ2v) is 8.78. The summed E-state index contributed by atoms with van der Waals surface area (Å²) in [6.07, 6.45) is 5.86. The third-order valence-electron chi connectivity index (χ3n) is 5.93. The van der Waals surface area contributed by atoms with E-state index in [2.05, 4.69) is 38.0 Å². The molecule has 0 unspecified atom stereocenters. The molecule has 2 aromatic rings. The van der Waals surface area contributed by atoms with Gasteiger partial charge in [0.15, 0.2) is 0 Å². The van der Waals surface area contributed by atoms with Gasteiger partial charge in [-0.15, -0.1) is 0 Å². The molecular formula is C21H30N6OS. The van der Waals surface area contributed by atoms with Gasteiger partial charge in [-0.2, -0.15) is 4.37 Å². The number of pyridine rings is 1. The Morgan fingerprint density at radius 2 is 1.86 bits per heavy atom. The van der Waals surface area contributed by atoms with Crippen molar-refractivity contribution in [2.24, 2.45) is 5.92 Å². The average Bonchev–Trinajstić information content (AvgIpc) is 3.11. The minimum absolute atomic E-state index is 0.112. The minimum atomic E-state index is 0.112. The first-order valence-corrected chi connectivity index (χ1v) is 11.5. The number of rotatable bonds is 4. The van der Waals surface area contributed by atoms with Crippen LogP contribution in [0.3, 0.4) is 0 Å². The summed E-state index contributed by atoms with van der Waals surface area (Å²) < 4.78 is 4.41. The maximum Gasteiger partial charge on any atom is 0.255 e. The van der Waals surface area contributed by atoms with E-state index in [9.17, 15) is 4.79 Å². The van der Waals surface area contributed by atoms with E-state index in [1.165, 1.54) is 11.5 Å². The van der Waals surface area contributed by atoms with Crippen LogP contribution in [-0.4, -0.2) is 64.4 Å². The molecule has 7 nitrogen and oxygen atoms in total. The summed E-state index contributed by atoms with van der Waals surface area (Å²) in [5, 5.41) is 1.02. The fraction of sp³-hybridized carbons (Fsp3) is 0.619. The maximum absolute atomic E-state index is 12.7. The van der Waals surface area contributed by atoms with E-state index in [0.717, 1.165) is 87.6 Å². The minimum Gasteiger partial charge on any atom is -0.355 e. The van der Waals surface area contributed by atoms with Crippen LogP contribution in [0, 0.1) is 5.92 Å². The number of aromatic nitrogens is 3. The first-order valence-electron chi connectivity index (χ1n) is 10.7. The van der Waals surface area contributed by atoms with Gasteiger partial charge in [0.1, 0.15) is 11.6 Å². The maximum atomic E-state index is 12.7. The van der Waals surface area contributed by atoms with E-state index >= 15 is 0 Å². The molecule has 0 bridgehead atoms. The summed E-state index contributed by atoms with van der Waals surface area (Å²) in [4.78, 5) is 28.6. The van der Waals surface area contributed by atoms with Gasteiger partial charge in [0.05, 0.1) is 5.56 Å². The normalized spacial score (nSPS) is 18.8. The lowest BCUT2D eigenvalue weighted by Gasteiger charge is -2.30. The molecule has 2 fully saturated rings. The van der Waals surface area contributed by atoms with Crippen LogP contribution in [0.2, 0.25) is 0 Å². The van der Waals surface area contributed by atoms with Crippen LogP contribution in [0.25, 0.3) is 0 Å². The first-order chi connectivity index (χ1) is 14.1. The largest absolute Gasteiger partial charge is 0.355 e. The zero-order chi connectivity index (χ0) is 20.2. The molecule has 2 aromatic heterocycles. The van der Waals surface area contributed by atoms with E-state index in [0.29, 0.717) is 5.56 Å². The van der Waals surface area contributed by atoms with E-state index in [-0.39, 0.29) is 5.91 Å². The van der Waals surface area contributed by atoms with Gasteiger partial charge in [0.25, 0.3) is 5.91 Å². The Hall–Kier alpha value is -2.22. The Kier molecular flexibility index (Phi) is 6.28. The summed E-state index contributed by atoms with van der Waals surface area (Å²) in [6.45, 7) is 9.80. The topological polar surface area (TPSA) is 65.5 Å². The molecule has 4 heterocycles. The molecule has 0 aliphatic carbocycles. The Morgan fingerprint density at radius 3 is 2.55 bits per heavy atom. The number of likely N-dealkylation sites (tertiary alicyclic amines) is 1. The van der Waals surface area contributed by atoms with Gasteiger partial charge in [0.2, 0.25) is 5.13 Å². The van der Waals surface area contributed by atoms with Crippen molar-refractivity contribution in [1.29, 1.82) is 0 Å². The molecular weight excluding hydrogens is 384 g/mol. The highest BCUT2D eigenvalue weighted by molar-refractivity contribution is 7.09. The number of hydrogen-bond donors (Lipinski definition) is 0. The van der Waals surface area contributed by atoms with Gasteiger partial charge in [-0.3, -0.25) is 4.79 Å². The van der Waals surface area contributed by atoms with Gasteiger partial charge in [-0.1, -0.05) is 13.8 Å². The van der Waals surface area contributed by atoms with Crippen molar-refractivity contribution in [2.75, 3.05) is 49.1 Å². The SMILES string of the molecule is CCc1nsc(N2CCCN(c3ccc(C(=O)N4CCC(C)CC4)cn3)CC2)n1. The molecule has 1 amide bonds. The Labute approximate surface area is 176 Å². The van der Waals surface area contributed by atoms with E-state index in [1.54, 1.807) is 6.20 Å². The highest BCUT2D eigenvalue weighted by Crippen LogP contribution is 2.22. The van der Waals surface area contributed by atoms with Crippen LogP contribution in [0.4, 0.5) is 10.9 Å². The lowest BCUT2D eigenvalue weighted by molar-refractivity contribution is 0.0697. The van der Waals surface area contributed by atoms with Crippen LogP contribution >= 0.6 is 11.5 Å². The number of amides is 1. The summed E-state index contributed by atoms with van der Waals surface area (Å²) in [5.41, 5.74) is 0.695. The third-order valence-corrected chi connectivity index (χ3v) is 6.74. The zero-order valence-corrected chi connectivity index (χ0v) is 18.2. The predicted molar refractivity (Wildman–Crippen MR) is 117 cm³/mol. The van der Waals surface area contributed by atoms with Crippen LogP contribution in [0.5, 0.6) is 0 Å². The monoisotopic (exact) mass is 414 g/mol. The quantitative estimate of drug-likeness (QED) is 0.766. The molecule has 8 heteroatoms. The van der Waals surface area contributed by atoms with E-state index in [1.807, 2.05) is 17.0 Å². The smallest absolute Gasteiger partial charge is 0.255 e. The number of hydrogen-bond acceptors (Lipinski definition) is 7. The van der Waals surface area contributed by atoms with Crippen molar-refractivity contribution in [3.8, 4) is 0 Å². The van der Waals surface area contributed by atoms with Gasteiger partial charge >= 0.3 is 0 Å². The van der Waals surface area contributed by atoms with Crippen molar-refractivity contribution in [3.63, 3.8) is 0 Å². The molecule has 0 N–H and O–H groups in total. The highest BCUT2D eigenvalue weighted by Gasteiger charge is 2.23. The molecule has 0 atom stereocenters. The van der Waals surface area contributed by atoms with Crippen molar-refractivity contribution in [2.45, 2.75) is 39.5 Å². The van der Waals surface area contributed by atoms with E-state index < -0.39 is 0 Å². The summed E-state index contributed by atoms with van der Waals surface area (Å²) in [7, 11) is 0. The summed E-state index contributed by atoms with van der Waals surface area (Å²) >= 11 is 1.49. The van der Waals surface area contributed by atoms with Crippen molar-refractivity contribution in [3.05, 3.63) is 29.7 Å². The van der Waals surface area contributed by atoms with Gasteiger partial charge < -0.3 is 14.7 Å². The molecule has 156 valence electrons. The Bertz CT molecular complexity index is 815. The number of aryl methyl sites for hydroxylation is 1. The lowest BCUT2D eigenvalue weighted by atomic mass is 9.99. The second kappa shape index (κ2) is 9.07. The number of nitrogens with zero attached hydrogens (tertiary/aromatic N) is 6. The summed E-state index contributed by atoms with van der Waals surface area (Å²) in [6, 6.07) is 3.93. The standard InChI is InChI=1S/C21H30N6OS/c1-3-18-23-21(29-24-18)27-10-4-9-25(13-14-27)19-6-5-17(15-22-19)20(28)26-11-7-16(2)8-12-26/h5-6,15-16H,3-4,7-14H2,1-2H3. The molecule has 2 aliphatic rings. The summed E-state index contributed by atoms with van der Waals surface area (Å²) in [5.74, 6) is 2.70. The van der Waals surface area contributed by atoms with E-state index in [4.69, 9.17) is 0 Å². The molecule has 2 aliphatic heterocycles. The molecule has 0 spiro atoms. The van der Waals surface area contributed by atoms with Crippen LogP contribution < -0.4 is 9.80 Å². The molecule has 0 aromatic carbocycles. The highest BCUT2D eigenvalue weighted by atomic mass is 32.1. The van der Waals surface area contributed by atoms with Crippen molar-refractivity contribution < 1.29 is 4.79 Å². The number of carbonyl (C=O) groups excluding carboxylic acids is 1. The lowest BCUT2D eigenvalue weighted by Crippen LogP contribution is -2.38. The van der Waals surface area contributed by atoms with Gasteiger partial charge in [-0.25, -0.2) is 9.97 Å². The number of piperidine rings is 1. The Morgan fingerprint density at radius 1 is 1.10 bits per heavy atom. The van der Waals surface area contributed by atoms with Gasteiger partial charge in [0, 0.05) is 63.4 Å². The fourth-order valence-electron chi connectivity index (χ4n) is 3.95. The number of carbonyl (C=O) groups is 1. The van der Waals surface area contributed by atoms with Crippen molar-refractivity contribution in [1.82, 2.24) is 19.2 Å². The van der Waals surface area contributed by atoms with Crippen LogP contribution in [0.1, 0.15) is 49.3 Å². The molecule has 29 heavy (non-hydrogen) atoms.